The van der Waals surface area contributed by atoms with Crippen LogP contribution in [0.3, 0.4) is 0 Å². The number of nitrogens with two attached hydrogens (primary N) is 1. The van der Waals surface area contributed by atoms with Crippen LogP contribution in [-0.2, 0) is 0 Å². The molecule has 2 N–H and O–H groups in total. The summed E-state index contributed by atoms with van der Waals surface area (Å²) >= 11 is 0. The van der Waals surface area contributed by atoms with E-state index in [0.717, 1.165) is 11.3 Å². The summed E-state index contributed by atoms with van der Waals surface area (Å²) in [4.78, 5) is 4.26. The molecule has 1 heterocycles. The van der Waals surface area contributed by atoms with Gasteiger partial charge in [0.05, 0.1) is 5.69 Å². The molecule has 3 aromatic rings. The molecule has 104 valence electrons. The normalized spacial score (nSPS) is 10.3. The molecule has 0 aliphatic heterocycles. The summed E-state index contributed by atoms with van der Waals surface area (Å²) in [5, 5.41) is 0. The van der Waals surface area contributed by atoms with Crippen LogP contribution in [0.5, 0.6) is 11.5 Å². The molecular formula is C17H13FN2O. The minimum absolute atomic E-state index is 0.287. The molecule has 0 bridgehead atoms. The van der Waals surface area contributed by atoms with Crippen molar-refractivity contribution in [3.8, 4) is 22.8 Å². The average Bonchev–Trinajstić information content (AvgIpc) is 2.50. The van der Waals surface area contributed by atoms with Gasteiger partial charge < -0.3 is 10.5 Å². The molecule has 3 nitrogen and oxygen atoms in total. The highest BCUT2D eigenvalue weighted by Crippen LogP contribution is 2.25. The molecule has 0 radical (unpaired) electrons. The monoisotopic (exact) mass is 280 g/mol. The van der Waals surface area contributed by atoms with Crippen LogP contribution in [0.4, 0.5) is 10.2 Å². The van der Waals surface area contributed by atoms with Crippen LogP contribution in [0.25, 0.3) is 11.3 Å². The number of hydrogen-bond donors (Lipinski definition) is 1. The van der Waals surface area contributed by atoms with Gasteiger partial charge in [-0.25, -0.2) is 9.37 Å². The van der Waals surface area contributed by atoms with Gasteiger partial charge in [0, 0.05) is 5.56 Å². The molecule has 0 aliphatic carbocycles. The quantitative estimate of drug-likeness (QED) is 0.779. The van der Waals surface area contributed by atoms with Crippen molar-refractivity contribution < 1.29 is 9.13 Å². The van der Waals surface area contributed by atoms with Gasteiger partial charge >= 0.3 is 0 Å². The van der Waals surface area contributed by atoms with E-state index in [1.807, 2.05) is 36.4 Å². The first-order chi connectivity index (χ1) is 10.2. The standard InChI is InChI=1S/C17H13FN2O/c18-13-6-10-15(11-7-13)21-14-8-4-12(5-9-14)16-2-1-3-17(19)20-16/h1-11H,(H2,19,20). The van der Waals surface area contributed by atoms with Gasteiger partial charge in [-0.2, -0.15) is 0 Å². The minimum atomic E-state index is -0.287. The highest BCUT2D eigenvalue weighted by molar-refractivity contribution is 5.61. The predicted octanol–water partition coefficient (Wildman–Crippen LogP) is 4.26. The Morgan fingerprint density at radius 1 is 0.810 bits per heavy atom. The molecule has 21 heavy (non-hydrogen) atoms. The molecule has 0 fully saturated rings. The number of pyridine rings is 1. The third-order valence-electron chi connectivity index (χ3n) is 2.97. The van der Waals surface area contributed by atoms with E-state index in [2.05, 4.69) is 4.98 Å². The van der Waals surface area contributed by atoms with Crippen molar-refractivity contribution in [2.45, 2.75) is 0 Å². The second-order valence-electron chi connectivity index (χ2n) is 4.53. The maximum atomic E-state index is 12.8. The van der Waals surface area contributed by atoms with Crippen LogP contribution in [-0.4, -0.2) is 4.98 Å². The van der Waals surface area contributed by atoms with E-state index in [4.69, 9.17) is 10.5 Å². The molecule has 0 spiro atoms. The predicted molar refractivity (Wildman–Crippen MR) is 80.6 cm³/mol. The number of nitrogens with zero attached hydrogens (tertiary/aromatic N) is 1. The van der Waals surface area contributed by atoms with Gasteiger partial charge in [-0.1, -0.05) is 6.07 Å². The fraction of sp³-hybridized carbons (Fsp3) is 0. The topological polar surface area (TPSA) is 48.1 Å². The van der Waals surface area contributed by atoms with Gasteiger partial charge in [0.15, 0.2) is 0 Å². The summed E-state index contributed by atoms with van der Waals surface area (Å²) in [5.41, 5.74) is 7.43. The summed E-state index contributed by atoms with van der Waals surface area (Å²) in [7, 11) is 0. The van der Waals surface area contributed by atoms with Crippen LogP contribution < -0.4 is 10.5 Å². The van der Waals surface area contributed by atoms with E-state index in [9.17, 15) is 4.39 Å². The fourth-order valence-electron chi connectivity index (χ4n) is 1.94. The smallest absolute Gasteiger partial charge is 0.127 e. The number of nitrogen functional groups attached to an aromatic ring is 1. The van der Waals surface area contributed by atoms with Gasteiger partial charge in [-0.05, 0) is 60.7 Å². The summed E-state index contributed by atoms with van der Waals surface area (Å²) in [6.07, 6.45) is 0. The molecule has 4 heteroatoms. The van der Waals surface area contributed by atoms with E-state index in [1.165, 1.54) is 12.1 Å². The molecule has 1 aromatic heterocycles. The summed E-state index contributed by atoms with van der Waals surface area (Å²) in [6.45, 7) is 0. The molecule has 0 saturated carbocycles. The lowest BCUT2D eigenvalue weighted by atomic mass is 10.1. The van der Waals surface area contributed by atoms with Crippen molar-refractivity contribution in [2.75, 3.05) is 5.73 Å². The fourth-order valence-corrected chi connectivity index (χ4v) is 1.94. The Hall–Kier alpha value is -2.88. The van der Waals surface area contributed by atoms with Gasteiger partial charge in [-0.3, -0.25) is 0 Å². The van der Waals surface area contributed by atoms with Crippen molar-refractivity contribution in [1.29, 1.82) is 0 Å². The zero-order chi connectivity index (χ0) is 14.7. The Labute approximate surface area is 121 Å². The highest BCUT2D eigenvalue weighted by atomic mass is 19.1. The molecule has 0 aliphatic rings. The van der Waals surface area contributed by atoms with Crippen LogP contribution >= 0.6 is 0 Å². The minimum Gasteiger partial charge on any atom is -0.457 e. The van der Waals surface area contributed by atoms with Gasteiger partial charge in [-0.15, -0.1) is 0 Å². The average molecular weight is 280 g/mol. The number of ether oxygens (including phenoxy) is 1. The van der Waals surface area contributed by atoms with E-state index in [1.54, 1.807) is 18.2 Å². The Morgan fingerprint density at radius 3 is 2.05 bits per heavy atom. The molecule has 0 saturated heterocycles. The van der Waals surface area contributed by atoms with Crippen molar-refractivity contribution in [3.05, 3.63) is 72.5 Å². The van der Waals surface area contributed by atoms with Gasteiger partial charge in [0.25, 0.3) is 0 Å². The Kier molecular flexibility index (Phi) is 3.51. The Morgan fingerprint density at radius 2 is 1.43 bits per heavy atom. The van der Waals surface area contributed by atoms with Crippen LogP contribution in [0.2, 0.25) is 0 Å². The number of hydrogen-bond acceptors (Lipinski definition) is 3. The van der Waals surface area contributed by atoms with Crippen LogP contribution in [0.1, 0.15) is 0 Å². The lowest BCUT2D eigenvalue weighted by Crippen LogP contribution is -1.91. The summed E-state index contributed by atoms with van der Waals surface area (Å²) in [6, 6.07) is 18.9. The lowest BCUT2D eigenvalue weighted by Gasteiger charge is -2.07. The molecular weight excluding hydrogens is 267 g/mol. The number of rotatable bonds is 3. The molecule has 2 aromatic carbocycles. The van der Waals surface area contributed by atoms with Gasteiger partial charge in [0.2, 0.25) is 0 Å². The zero-order valence-electron chi connectivity index (χ0n) is 11.2. The van der Waals surface area contributed by atoms with E-state index >= 15 is 0 Å². The lowest BCUT2D eigenvalue weighted by molar-refractivity contribution is 0.480. The molecule has 0 unspecified atom stereocenters. The first-order valence-corrected chi connectivity index (χ1v) is 6.47. The summed E-state index contributed by atoms with van der Waals surface area (Å²) < 4.78 is 18.5. The van der Waals surface area contributed by atoms with E-state index in [0.29, 0.717) is 17.3 Å². The third-order valence-corrected chi connectivity index (χ3v) is 2.97. The molecule has 3 rings (SSSR count). The highest BCUT2D eigenvalue weighted by Gasteiger charge is 2.02. The van der Waals surface area contributed by atoms with E-state index in [-0.39, 0.29) is 5.82 Å². The second kappa shape index (κ2) is 5.63. The second-order valence-corrected chi connectivity index (χ2v) is 4.53. The SMILES string of the molecule is Nc1cccc(-c2ccc(Oc3ccc(F)cc3)cc2)n1. The number of aromatic nitrogens is 1. The largest absolute Gasteiger partial charge is 0.457 e. The first-order valence-electron chi connectivity index (χ1n) is 6.47. The van der Waals surface area contributed by atoms with Crippen molar-refractivity contribution in [3.63, 3.8) is 0 Å². The maximum Gasteiger partial charge on any atom is 0.127 e. The zero-order valence-corrected chi connectivity index (χ0v) is 11.2. The number of anilines is 1. The molecule has 0 atom stereocenters. The maximum absolute atomic E-state index is 12.8. The van der Waals surface area contributed by atoms with Crippen molar-refractivity contribution in [1.82, 2.24) is 4.98 Å². The van der Waals surface area contributed by atoms with Crippen molar-refractivity contribution in [2.24, 2.45) is 0 Å². The Balaban J connectivity index is 1.79. The van der Waals surface area contributed by atoms with Crippen LogP contribution in [0.15, 0.2) is 66.7 Å². The van der Waals surface area contributed by atoms with Crippen molar-refractivity contribution >= 4 is 5.82 Å². The van der Waals surface area contributed by atoms with E-state index < -0.39 is 0 Å². The Bertz CT molecular complexity index is 739. The number of benzene rings is 2. The first kappa shape index (κ1) is 13.1. The van der Waals surface area contributed by atoms with Crippen LogP contribution in [0, 0.1) is 5.82 Å². The third kappa shape index (κ3) is 3.17. The number of halogens is 1. The van der Waals surface area contributed by atoms with Gasteiger partial charge in [0.1, 0.15) is 23.1 Å². The summed E-state index contributed by atoms with van der Waals surface area (Å²) in [5.74, 6) is 1.46. The molecule has 0 amide bonds.